The lowest BCUT2D eigenvalue weighted by Crippen LogP contribution is -2.28. The number of sulfonamides is 1. The Morgan fingerprint density at radius 1 is 0.891 bits per heavy atom. The monoisotopic (exact) mass is 635 g/mol. The molecule has 6 aromatic rings. The highest BCUT2D eigenvalue weighted by Crippen LogP contribution is 2.46. The number of rotatable bonds is 9. The van der Waals surface area contributed by atoms with E-state index in [4.69, 9.17) is 9.47 Å². The van der Waals surface area contributed by atoms with E-state index in [-0.39, 0.29) is 29.2 Å². The lowest BCUT2D eigenvalue weighted by molar-refractivity contribution is 0.169. The van der Waals surface area contributed by atoms with Gasteiger partial charge in [-0.25, -0.2) is 13.1 Å². The molecule has 0 spiro atoms. The Morgan fingerprint density at radius 2 is 1.61 bits per heavy atom. The molecule has 1 atom stereocenters. The van der Waals surface area contributed by atoms with Crippen LogP contribution in [0.5, 0.6) is 17.2 Å². The van der Waals surface area contributed by atoms with E-state index < -0.39 is 15.9 Å². The maximum atomic E-state index is 14.2. The number of aryl methyl sites for hydroxylation is 1. The smallest absolute Gasteiger partial charge is 0.258 e. The van der Waals surface area contributed by atoms with Gasteiger partial charge in [0.15, 0.2) is 11.5 Å². The van der Waals surface area contributed by atoms with Gasteiger partial charge in [0.05, 0.1) is 22.8 Å². The molecule has 0 saturated heterocycles. The van der Waals surface area contributed by atoms with Crippen molar-refractivity contribution in [3.63, 3.8) is 0 Å². The molecule has 0 radical (unpaired) electrons. The van der Waals surface area contributed by atoms with Crippen molar-refractivity contribution >= 4 is 31.8 Å². The number of aromatic amines is 1. The molecule has 2 aromatic heterocycles. The number of aromatic hydroxyl groups is 1. The van der Waals surface area contributed by atoms with Crippen molar-refractivity contribution in [2.45, 2.75) is 18.1 Å². The fourth-order valence-electron chi connectivity index (χ4n) is 6.45. The lowest BCUT2D eigenvalue weighted by atomic mass is 9.84. The molecule has 3 N–H and O–H groups in total. The maximum absolute atomic E-state index is 14.2. The quantitative estimate of drug-likeness (QED) is 0.197. The van der Waals surface area contributed by atoms with Crippen LogP contribution in [0.1, 0.15) is 33.9 Å². The third kappa shape index (κ3) is 5.39. The van der Waals surface area contributed by atoms with Crippen LogP contribution in [-0.4, -0.2) is 42.8 Å². The number of hydrogen-bond acceptors (Lipinski definition) is 6. The van der Waals surface area contributed by atoms with Gasteiger partial charge in [-0.2, -0.15) is 0 Å². The zero-order valence-corrected chi connectivity index (χ0v) is 26.0. The van der Waals surface area contributed by atoms with Crippen molar-refractivity contribution in [3.8, 4) is 17.2 Å². The van der Waals surface area contributed by atoms with Gasteiger partial charge in [-0.1, -0.05) is 72.8 Å². The highest BCUT2D eigenvalue weighted by molar-refractivity contribution is 7.88. The summed E-state index contributed by atoms with van der Waals surface area (Å²) in [5.41, 5.74) is 4.08. The number of nitrogens with one attached hydrogen (secondary N) is 2. The van der Waals surface area contributed by atoms with Crippen molar-refractivity contribution in [3.05, 3.63) is 135 Å². The second-order valence-corrected chi connectivity index (χ2v) is 13.2. The number of pyridine rings is 1. The van der Waals surface area contributed by atoms with E-state index in [9.17, 15) is 18.3 Å². The Bertz CT molecular complexity index is 2240. The number of benzene rings is 4. The standard InChI is InChI=1S/C36H33N3O6S/c1-39-29-16-8-6-13-26(29)34(40)32(36(39)41)31(27-14-9-17-30-35(27)45-21-20-44-30)33-25(24-12-5-7-15-28(24)38-33)18-19-37-46(42,43)22-23-10-3-2-4-11-23/h2-17,31,37-38,40H,18-22H2,1H3. The van der Waals surface area contributed by atoms with Gasteiger partial charge in [0.2, 0.25) is 10.0 Å². The van der Waals surface area contributed by atoms with E-state index in [1.807, 2.05) is 72.8 Å². The highest BCUT2D eigenvalue weighted by Gasteiger charge is 2.34. The summed E-state index contributed by atoms with van der Waals surface area (Å²) >= 11 is 0. The minimum Gasteiger partial charge on any atom is -0.507 e. The average Bonchev–Trinajstić information content (AvgIpc) is 3.43. The summed E-state index contributed by atoms with van der Waals surface area (Å²) in [5, 5.41) is 13.3. The first-order valence-corrected chi connectivity index (χ1v) is 16.8. The summed E-state index contributed by atoms with van der Waals surface area (Å²) in [5.74, 6) is -0.000639. The second-order valence-electron chi connectivity index (χ2n) is 11.4. The minimum absolute atomic E-state index is 0.119. The summed E-state index contributed by atoms with van der Waals surface area (Å²) in [7, 11) is -1.93. The predicted octanol–water partition coefficient (Wildman–Crippen LogP) is 5.34. The fraction of sp³-hybridized carbons (Fsp3) is 0.194. The predicted molar refractivity (Wildman–Crippen MR) is 178 cm³/mol. The van der Waals surface area contributed by atoms with Crippen LogP contribution < -0.4 is 19.8 Å². The molecule has 1 aliphatic heterocycles. The molecule has 3 heterocycles. The molecule has 10 heteroatoms. The summed E-state index contributed by atoms with van der Waals surface area (Å²) in [6.07, 6.45) is 0.324. The Labute approximate surface area is 266 Å². The first kappa shape index (κ1) is 29.6. The summed E-state index contributed by atoms with van der Waals surface area (Å²) in [6.45, 7) is 0.858. The molecule has 9 nitrogen and oxygen atoms in total. The number of nitrogens with zero attached hydrogens (tertiary/aromatic N) is 1. The summed E-state index contributed by atoms with van der Waals surface area (Å²) < 4.78 is 42.5. The third-order valence-corrected chi connectivity index (χ3v) is 9.90. The van der Waals surface area contributed by atoms with Crippen molar-refractivity contribution in [2.24, 2.45) is 7.05 Å². The van der Waals surface area contributed by atoms with Crippen molar-refractivity contribution < 1.29 is 23.0 Å². The molecular formula is C36H33N3O6S. The Hall–Kier alpha value is -5.06. The first-order valence-electron chi connectivity index (χ1n) is 15.1. The van der Waals surface area contributed by atoms with Gasteiger partial charge in [0.25, 0.3) is 5.56 Å². The van der Waals surface area contributed by atoms with E-state index in [1.165, 1.54) is 0 Å². The van der Waals surface area contributed by atoms with Gasteiger partial charge in [-0.05, 0) is 41.8 Å². The molecule has 0 fully saturated rings. The molecular weight excluding hydrogens is 602 g/mol. The van der Waals surface area contributed by atoms with Crippen molar-refractivity contribution in [1.82, 2.24) is 14.3 Å². The largest absolute Gasteiger partial charge is 0.507 e. The van der Waals surface area contributed by atoms with E-state index in [0.717, 1.165) is 16.5 Å². The zero-order chi connectivity index (χ0) is 31.8. The van der Waals surface area contributed by atoms with Crippen LogP contribution in [-0.2, 0) is 29.2 Å². The molecule has 1 aliphatic rings. The number of aromatic nitrogens is 2. The van der Waals surface area contributed by atoms with Crippen molar-refractivity contribution in [2.75, 3.05) is 19.8 Å². The summed E-state index contributed by atoms with van der Waals surface area (Å²) in [4.78, 5) is 17.8. The van der Waals surface area contributed by atoms with Crippen LogP contribution in [0.25, 0.3) is 21.8 Å². The highest BCUT2D eigenvalue weighted by atomic mass is 32.2. The van der Waals surface area contributed by atoms with Gasteiger partial charge >= 0.3 is 0 Å². The third-order valence-electron chi connectivity index (χ3n) is 8.54. The topological polar surface area (TPSA) is 123 Å². The molecule has 234 valence electrons. The molecule has 0 saturated carbocycles. The van der Waals surface area contributed by atoms with E-state index >= 15 is 0 Å². The second kappa shape index (κ2) is 12.0. The SMILES string of the molecule is Cn1c(=O)c(C(c2cccc3c2OCCO3)c2[nH]c3ccccc3c2CCNS(=O)(=O)Cc2ccccc2)c(O)c2ccccc21. The van der Waals surface area contributed by atoms with E-state index in [1.54, 1.807) is 35.9 Å². The number of ether oxygens (including phenoxy) is 2. The number of hydrogen-bond donors (Lipinski definition) is 3. The number of fused-ring (bicyclic) bond motifs is 3. The van der Waals surface area contributed by atoms with Crippen molar-refractivity contribution in [1.29, 1.82) is 0 Å². The van der Waals surface area contributed by atoms with Crippen LogP contribution in [0.2, 0.25) is 0 Å². The van der Waals surface area contributed by atoms with E-state index in [0.29, 0.717) is 58.9 Å². The lowest BCUT2D eigenvalue weighted by Gasteiger charge is -2.27. The molecule has 0 bridgehead atoms. The van der Waals surface area contributed by atoms with Crippen LogP contribution in [0.3, 0.4) is 0 Å². The average molecular weight is 636 g/mol. The molecule has 4 aromatic carbocycles. The Balaban J connectivity index is 1.40. The van der Waals surface area contributed by atoms with E-state index in [2.05, 4.69) is 9.71 Å². The van der Waals surface area contributed by atoms with Gasteiger partial charge in [0.1, 0.15) is 19.0 Å². The Kier molecular flexibility index (Phi) is 7.75. The van der Waals surface area contributed by atoms with Crippen LogP contribution in [0.15, 0.2) is 102 Å². The minimum atomic E-state index is -3.62. The van der Waals surface area contributed by atoms with Gasteiger partial charge in [-0.3, -0.25) is 4.79 Å². The fourth-order valence-corrected chi connectivity index (χ4v) is 7.60. The molecule has 46 heavy (non-hydrogen) atoms. The first-order chi connectivity index (χ1) is 22.3. The molecule has 1 unspecified atom stereocenters. The molecule has 7 rings (SSSR count). The van der Waals surface area contributed by atoms with Gasteiger partial charge in [-0.15, -0.1) is 0 Å². The zero-order valence-electron chi connectivity index (χ0n) is 25.2. The van der Waals surface area contributed by atoms with Gasteiger partial charge < -0.3 is 24.1 Å². The van der Waals surface area contributed by atoms with Crippen LogP contribution >= 0.6 is 0 Å². The number of H-pyrrole nitrogens is 1. The summed E-state index contributed by atoms with van der Waals surface area (Å²) in [6, 6.07) is 29.6. The molecule has 0 amide bonds. The van der Waals surface area contributed by atoms with Crippen LogP contribution in [0.4, 0.5) is 0 Å². The number of para-hydroxylation sites is 3. The van der Waals surface area contributed by atoms with Gasteiger partial charge in [0, 0.05) is 41.1 Å². The maximum Gasteiger partial charge on any atom is 0.258 e. The normalized spacial score (nSPS) is 13.7. The Morgan fingerprint density at radius 3 is 2.43 bits per heavy atom. The van der Waals surface area contributed by atoms with Crippen LogP contribution in [0, 0.1) is 0 Å². The molecule has 0 aliphatic carbocycles.